The van der Waals surface area contributed by atoms with Crippen LogP contribution in [0.4, 0.5) is 0 Å². The van der Waals surface area contributed by atoms with Crippen molar-refractivity contribution >= 4 is 11.5 Å². The van der Waals surface area contributed by atoms with Crippen LogP contribution in [0.25, 0.3) is 5.57 Å². The molecule has 0 unspecified atom stereocenters. The monoisotopic (exact) mass is 472 g/mol. The van der Waals surface area contributed by atoms with Crippen molar-refractivity contribution in [3.8, 4) is 42.8 Å². The van der Waals surface area contributed by atoms with E-state index >= 15 is 0 Å². The molecule has 0 atom stereocenters. The van der Waals surface area contributed by atoms with Gasteiger partial charge in [-0.1, -0.05) is 18.9 Å². The second-order valence-electron chi connectivity index (χ2n) is 9.09. The minimum Gasteiger partial charge on any atom is -0.493 e. The van der Waals surface area contributed by atoms with E-state index in [0.717, 1.165) is 107 Å². The van der Waals surface area contributed by atoms with Crippen LogP contribution in [0, 0.1) is 37.0 Å². The van der Waals surface area contributed by atoms with E-state index in [2.05, 4.69) is 17.8 Å². The number of terminal acetylenes is 3. The second kappa shape index (κ2) is 16.5. The maximum atomic E-state index is 12.8. The Kier molecular flexibility index (Phi) is 13.3. The zero-order chi connectivity index (χ0) is 25.3. The molecule has 0 fully saturated rings. The fourth-order valence-electron chi connectivity index (χ4n) is 4.15. The van der Waals surface area contributed by atoms with Crippen LogP contribution in [-0.4, -0.2) is 19.2 Å². The molecule has 2 rings (SSSR count). The number of esters is 1. The first-order chi connectivity index (χ1) is 17.2. The molecule has 0 heterocycles. The summed E-state index contributed by atoms with van der Waals surface area (Å²) in [6, 6.07) is 3.94. The van der Waals surface area contributed by atoms with Crippen molar-refractivity contribution in [1.29, 1.82) is 0 Å². The summed E-state index contributed by atoms with van der Waals surface area (Å²) >= 11 is 0. The molecule has 0 saturated carbocycles. The summed E-state index contributed by atoms with van der Waals surface area (Å²) in [5.41, 5.74) is 5.49. The highest BCUT2D eigenvalue weighted by molar-refractivity contribution is 5.94. The molecule has 0 radical (unpaired) electrons. The Morgan fingerprint density at radius 1 is 0.857 bits per heavy atom. The number of benzene rings is 1. The number of carbonyl (C=O) groups is 1. The fraction of sp³-hybridized carbons (Fsp3) is 0.531. The lowest BCUT2D eigenvalue weighted by molar-refractivity contribution is 0.0505. The zero-order valence-electron chi connectivity index (χ0n) is 21.4. The van der Waals surface area contributed by atoms with Crippen LogP contribution in [0.3, 0.4) is 0 Å². The van der Waals surface area contributed by atoms with Crippen LogP contribution in [0.15, 0.2) is 17.7 Å². The van der Waals surface area contributed by atoms with E-state index in [4.69, 9.17) is 28.7 Å². The Morgan fingerprint density at radius 3 is 2.20 bits per heavy atom. The Labute approximate surface area is 213 Å². The molecule has 0 bridgehead atoms. The average Bonchev–Trinajstić information content (AvgIpc) is 3.64. The normalized spacial score (nSPS) is 11.9. The molecule has 1 aromatic rings. The van der Waals surface area contributed by atoms with Gasteiger partial charge in [-0.05, 0) is 87.5 Å². The molecule has 0 N–H and O–H groups in total. The summed E-state index contributed by atoms with van der Waals surface area (Å²) in [6.45, 7) is 3.04. The van der Waals surface area contributed by atoms with Gasteiger partial charge in [0.15, 0.2) is 0 Å². The van der Waals surface area contributed by atoms with Gasteiger partial charge in [-0.2, -0.15) is 0 Å². The second-order valence-corrected chi connectivity index (χ2v) is 9.09. The van der Waals surface area contributed by atoms with Gasteiger partial charge in [0, 0.05) is 24.8 Å². The van der Waals surface area contributed by atoms with Gasteiger partial charge in [0.05, 0.1) is 18.8 Å². The lowest BCUT2D eigenvalue weighted by Gasteiger charge is -2.17. The smallest absolute Gasteiger partial charge is 0.338 e. The number of unbranched alkanes of at least 4 members (excludes halogenated alkanes) is 7. The van der Waals surface area contributed by atoms with Gasteiger partial charge < -0.3 is 9.47 Å². The number of allylic oxidation sites excluding steroid dienone is 2. The van der Waals surface area contributed by atoms with Crippen LogP contribution < -0.4 is 4.74 Å². The molecule has 3 heteroatoms. The van der Waals surface area contributed by atoms with Gasteiger partial charge in [-0.3, -0.25) is 0 Å². The topological polar surface area (TPSA) is 35.5 Å². The summed E-state index contributed by atoms with van der Waals surface area (Å²) in [7, 11) is 0. The molecule has 35 heavy (non-hydrogen) atoms. The van der Waals surface area contributed by atoms with Crippen molar-refractivity contribution in [3.63, 3.8) is 0 Å². The minimum atomic E-state index is -0.265. The van der Waals surface area contributed by atoms with Crippen molar-refractivity contribution in [2.45, 2.75) is 96.8 Å². The summed E-state index contributed by atoms with van der Waals surface area (Å²) in [5, 5.41) is 0. The molecule has 0 saturated heterocycles. The first-order valence-corrected chi connectivity index (χ1v) is 13.1. The van der Waals surface area contributed by atoms with Crippen molar-refractivity contribution in [3.05, 3.63) is 34.4 Å². The first-order valence-electron chi connectivity index (χ1n) is 13.1. The van der Waals surface area contributed by atoms with Crippen LogP contribution in [0.2, 0.25) is 0 Å². The number of carbonyl (C=O) groups excluding carboxylic acids is 1. The predicted octanol–water partition coefficient (Wildman–Crippen LogP) is 7.52. The molecule has 0 spiro atoms. The molecule has 0 aliphatic heterocycles. The Bertz CT molecular complexity index is 978. The number of rotatable bonds is 18. The van der Waals surface area contributed by atoms with Gasteiger partial charge >= 0.3 is 5.97 Å². The standard InChI is InChI=1S/C32H40O3/c1-5-9-12-15-17-20-27-23-28(32(33)35-21-8-4)25-30(31(27)34-22-18-14-11-7-3)29-24-26(29)19-16-13-10-6-2/h1-3,23,25H,8-22,24H2,4H3. The quantitative estimate of drug-likeness (QED) is 0.126. The number of hydrogen-bond acceptors (Lipinski definition) is 3. The van der Waals surface area contributed by atoms with Crippen molar-refractivity contribution in [2.24, 2.45) is 0 Å². The van der Waals surface area contributed by atoms with E-state index in [1.165, 1.54) is 11.1 Å². The van der Waals surface area contributed by atoms with Crippen LogP contribution >= 0.6 is 0 Å². The highest BCUT2D eigenvalue weighted by Crippen LogP contribution is 2.48. The maximum Gasteiger partial charge on any atom is 0.338 e. The molecule has 1 aromatic carbocycles. The van der Waals surface area contributed by atoms with Crippen LogP contribution in [0.1, 0.15) is 112 Å². The van der Waals surface area contributed by atoms with Gasteiger partial charge in [0.25, 0.3) is 0 Å². The van der Waals surface area contributed by atoms with Crippen molar-refractivity contribution < 1.29 is 14.3 Å². The summed E-state index contributed by atoms with van der Waals surface area (Å²) < 4.78 is 11.9. The van der Waals surface area contributed by atoms with Crippen molar-refractivity contribution in [1.82, 2.24) is 0 Å². The zero-order valence-corrected chi connectivity index (χ0v) is 21.4. The minimum absolute atomic E-state index is 0.265. The lowest BCUT2D eigenvalue weighted by Crippen LogP contribution is -2.09. The van der Waals surface area contributed by atoms with Crippen LogP contribution in [-0.2, 0) is 11.2 Å². The van der Waals surface area contributed by atoms with E-state index in [0.29, 0.717) is 18.8 Å². The molecule has 1 aliphatic rings. The van der Waals surface area contributed by atoms with Crippen molar-refractivity contribution in [2.75, 3.05) is 13.2 Å². The van der Waals surface area contributed by atoms with Crippen LogP contribution in [0.5, 0.6) is 5.75 Å². The Hall–Kier alpha value is -3.09. The number of hydrogen-bond donors (Lipinski definition) is 0. The highest BCUT2D eigenvalue weighted by atomic mass is 16.5. The van der Waals surface area contributed by atoms with E-state index in [-0.39, 0.29) is 5.97 Å². The molecule has 186 valence electrons. The summed E-state index contributed by atoms with van der Waals surface area (Å²) in [6.07, 6.45) is 29.3. The molecule has 0 amide bonds. The predicted molar refractivity (Wildman–Crippen MR) is 145 cm³/mol. The summed E-state index contributed by atoms with van der Waals surface area (Å²) in [4.78, 5) is 12.8. The van der Waals surface area contributed by atoms with E-state index in [1.54, 1.807) is 0 Å². The first kappa shape index (κ1) is 28.1. The molecular weight excluding hydrogens is 432 g/mol. The molecule has 1 aliphatic carbocycles. The van der Waals surface area contributed by atoms with Gasteiger partial charge in [0.2, 0.25) is 0 Å². The third-order valence-corrected chi connectivity index (χ3v) is 6.13. The lowest BCUT2D eigenvalue weighted by atomic mass is 9.97. The van der Waals surface area contributed by atoms with E-state index < -0.39 is 0 Å². The SMILES string of the molecule is C#CCCCCCc1cc(C(=O)OCCC)cc(C2=C(CCCCC#C)C2)c1OCCCCC#C. The maximum absolute atomic E-state index is 12.8. The van der Waals surface area contributed by atoms with Gasteiger partial charge in [-0.25, -0.2) is 4.79 Å². The Balaban J connectivity index is 2.31. The van der Waals surface area contributed by atoms with Gasteiger partial charge in [0.1, 0.15) is 5.75 Å². The van der Waals surface area contributed by atoms with E-state index in [9.17, 15) is 4.79 Å². The largest absolute Gasteiger partial charge is 0.493 e. The number of aryl methyl sites for hydroxylation is 1. The average molecular weight is 473 g/mol. The summed E-state index contributed by atoms with van der Waals surface area (Å²) in [5.74, 6) is 8.78. The molecular formula is C32H40O3. The highest BCUT2D eigenvalue weighted by Gasteiger charge is 2.28. The molecule has 0 aromatic heterocycles. The third-order valence-electron chi connectivity index (χ3n) is 6.13. The number of ether oxygens (including phenoxy) is 2. The third kappa shape index (κ3) is 9.97. The molecule has 3 nitrogen and oxygen atoms in total. The van der Waals surface area contributed by atoms with E-state index in [1.807, 2.05) is 19.1 Å². The Morgan fingerprint density at radius 2 is 1.51 bits per heavy atom. The van der Waals surface area contributed by atoms with Gasteiger partial charge in [-0.15, -0.1) is 37.0 Å². The fourth-order valence-corrected chi connectivity index (χ4v) is 4.15.